The van der Waals surface area contributed by atoms with Crippen molar-refractivity contribution in [1.82, 2.24) is 4.72 Å². The lowest BCUT2D eigenvalue weighted by molar-refractivity contribution is -0.129. The van der Waals surface area contributed by atoms with Gasteiger partial charge in [-0.15, -0.1) is 0 Å². The van der Waals surface area contributed by atoms with Gasteiger partial charge in [-0.3, -0.25) is 4.79 Å². The van der Waals surface area contributed by atoms with Crippen molar-refractivity contribution in [3.63, 3.8) is 0 Å². The Kier molecular flexibility index (Phi) is 8.11. The van der Waals surface area contributed by atoms with E-state index in [1.165, 1.54) is 0 Å². The third kappa shape index (κ3) is 4.40. The predicted molar refractivity (Wildman–Crippen MR) is 87.2 cm³/mol. The lowest BCUT2D eigenvalue weighted by atomic mass is 9.63. The molecule has 0 radical (unpaired) electrons. The SMILES string of the molecule is CCC(CC)(CC)CC(C(=O)NS)C(C)(CC)CC. The van der Waals surface area contributed by atoms with Gasteiger partial charge in [-0.2, -0.15) is 0 Å². The minimum Gasteiger partial charge on any atom is -0.302 e. The van der Waals surface area contributed by atoms with Crippen LogP contribution in [0.1, 0.15) is 80.1 Å². The number of carbonyl (C=O) groups excluding carboxylic acids is 1. The van der Waals surface area contributed by atoms with Gasteiger partial charge in [0, 0.05) is 5.92 Å². The average Bonchev–Trinajstić information content (AvgIpc) is 2.47. The van der Waals surface area contributed by atoms with Crippen LogP contribution in [0.3, 0.4) is 0 Å². The molecule has 3 heteroatoms. The van der Waals surface area contributed by atoms with Crippen LogP contribution >= 0.6 is 12.8 Å². The van der Waals surface area contributed by atoms with Gasteiger partial charge in [0.15, 0.2) is 0 Å². The Morgan fingerprint density at radius 1 is 1.00 bits per heavy atom. The zero-order valence-corrected chi connectivity index (χ0v) is 14.6. The number of thiol groups is 1. The molecule has 0 aliphatic carbocycles. The van der Waals surface area contributed by atoms with Crippen molar-refractivity contribution in [2.75, 3.05) is 0 Å². The molecular weight excluding hydrogens is 254 g/mol. The Hall–Kier alpha value is -0.180. The molecule has 0 aromatic rings. The molecule has 0 fully saturated rings. The highest BCUT2D eigenvalue weighted by Crippen LogP contribution is 2.45. The van der Waals surface area contributed by atoms with E-state index in [-0.39, 0.29) is 22.7 Å². The van der Waals surface area contributed by atoms with Crippen molar-refractivity contribution in [3.8, 4) is 0 Å². The van der Waals surface area contributed by atoms with Crippen molar-refractivity contribution in [2.24, 2.45) is 16.7 Å². The summed E-state index contributed by atoms with van der Waals surface area (Å²) >= 11 is 4.00. The molecule has 0 saturated heterocycles. The van der Waals surface area contributed by atoms with Crippen molar-refractivity contribution in [1.29, 1.82) is 0 Å². The molecule has 0 aliphatic rings. The maximum atomic E-state index is 12.3. The topological polar surface area (TPSA) is 29.1 Å². The van der Waals surface area contributed by atoms with E-state index in [1.54, 1.807) is 0 Å². The summed E-state index contributed by atoms with van der Waals surface area (Å²) in [5.41, 5.74) is 0.355. The van der Waals surface area contributed by atoms with Crippen molar-refractivity contribution in [2.45, 2.75) is 80.1 Å². The van der Waals surface area contributed by atoms with Crippen LogP contribution in [-0.2, 0) is 4.79 Å². The summed E-state index contributed by atoms with van der Waals surface area (Å²) in [5, 5.41) is 0. The molecule has 19 heavy (non-hydrogen) atoms. The molecule has 0 spiro atoms. The number of hydrogen-bond donors (Lipinski definition) is 2. The summed E-state index contributed by atoms with van der Waals surface area (Å²) in [4.78, 5) is 12.3. The number of hydrogen-bond acceptors (Lipinski definition) is 2. The summed E-state index contributed by atoms with van der Waals surface area (Å²) in [6, 6.07) is 0. The van der Waals surface area contributed by atoms with Crippen LogP contribution in [0.4, 0.5) is 0 Å². The van der Waals surface area contributed by atoms with E-state index < -0.39 is 0 Å². The van der Waals surface area contributed by atoms with Gasteiger partial charge in [0.05, 0.1) is 0 Å². The number of rotatable bonds is 9. The molecule has 1 N–H and O–H groups in total. The van der Waals surface area contributed by atoms with E-state index in [0.717, 1.165) is 38.5 Å². The van der Waals surface area contributed by atoms with Crippen LogP contribution < -0.4 is 4.72 Å². The fourth-order valence-electron chi connectivity index (χ4n) is 3.09. The zero-order valence-electron chi connectivity index (χ0n) is 13.7. The quantitative estimate of drug-likeness (QED) is 0.574. The van der Waals surface area contributed by atoms with E-state index in [9.17, 15) is 4.79 Å². The van der Waals surface area contributed by atoms with Gasteiger partial charge < -0.3 is 4.72 Å². The van der Waals surface area contributed by atoms with Crippen LogP contribution in [0.25, 0.3) is 0 Å². The largest absolute Gasteiger partial charge is 0.302 e. The number of carbonyl (C=O) groups is 1. The second-order valence-electron chi connectivity index (χ2n) is 6.15. The molecular formula is C16H33NOS. The first kappa shape index (κ1) is 18.8. The van der Waals surface area contributed by atoms with E-state index in [1.807, 2.05) is 0 Å². The van der Waals surface area contributed by atoms with Crippen LogP contribution in [-0.4, -0.2) is 5.91 Å². The standard InChI is InChI=1S/C16H33NOS/c1-7-15(6,8-2)13(14(18)17-19)12-16(9-3,10-4)11-5/h13,19H,7-12H2,1-6H3,(H,17,18). The van der Waals surface area contributed by atoms with Gasteiger partial charge in [-0.1, -0.05) is 73.6 Å². The molecule has 0 saturated carbocycles. The molecule has 0 heterocycles. The summed E-state index contributed by atoms with van der Waals surface area (Å²) in [7, 11) is 0. The number of amides is 1. The highest BCUT2D eigenvalue weighted by molar-refractivity contribution is 7.78. The first-order chi connectivity index (χ1) is 8.88. The minimum absolute atomic E-state index is 0.0554. The Morgan fingerprint density at radius 3 is 1.68 bits per heavy atom. The average molecular weight is 288 g/mol. The molecule has 0 aromatic carbocycles. The molecule has 2 nitrogen and oxygen atoms in total. The van der Waals surface area contributed by atoms with Crippen molar-refractivity contribution >= 4 is 18.7 Å². The Bertz CT molecular complexity index is 262. The van der Waals surface area contributed by atoms with Gasteiger partial charge in [0.25, 0.3) is 0 Å². The maximum Gasteiger partial charge on any atom is 0.233 e. The van der Waals surface area contributed by atoms with Gasteiger partial charge in [0.1, 0.15) is 0 Å². The molecule has 1 amide bonds. The van der Waals surface area contributed by atoms with Crippen LogP contribution in [0, 0.1) is 16.7 Å². The third-order valence-electron chi connectivity index (χ3n) is 5.77. The first-order valence-electron chi connectivity index (χ1n) is 7.82. The van der Waals surface area contributed by atoms with E-state index >= 15 is 0 Å². The molecule has 0 aliphatic heterocycles. The fraction of sp³-hybridized carbons (Fsp3) is 0.938. The summed E-state index contributed by atoms with van der Waals surface area (Å²) in [6.07, 6.45) is 6.45. The highest BCUT2D eigenvalue weighted by atomic mass is 32.1. The Balaban J connectivity index is 5.33. The smallest absolute Gasteiger partial charge is 0.233 e. The second-order valence-corrected chi connectivity index (χ2v) is 6.38. The summed E-state index contributed by atoms with van der Waals surface area (Å²) in [5.74, 6) is 0.147. The van der Waals surface area contributed by atoms with Crippen LogP contribution in [0.5, 0.6) is 0 Å². The third-order valence-corrected chi connectivity index (χ3v) is 5.99. The monoisotopic (exact) mass is 287 g/mol. The van der Waals surface area contributed by atoms with Gasteiger partial charge in [-0.25, -0.2) is 0 Å². The van der Waals surface area contributed by atoms with Crippen LogP contribution in [0.2, 0.25) is 0 Å². The normalized spacial score (nSPS) is 14.3. The summed E-state index contributed by atoms with van der Waals surface area (Å²) < 4.78 is 2.59. The minimum atomic E-state index is 0.0554. The molecule has 1 atom stereocenters. The van der Waals surface area contributed by atoms with E-state index in [2.05, 4.69) is 59.1 Å². The lowest BCUT2D eigenvalue weighted by Crippen LogP contribution is -2.41. The van der Waals surface area contributed by atoms with Crippen LogP contribution in [0.15, 0.2) is 0 Å². The Labute approximate surface area is 125 Å². The van der Waals surface area contributed by atoms with Gasteiger partial charge in [0.2, 0.25) is 5.91 Å². The predicted octanol–water partition coefficient (Wildman–Crippen LogP) is 5.00. The maximum absolute atomic E-state index is 12.3. The molecule has 0 rings (SSSR count). The second kappa shape index (κ2) is 8.18. The number of nitrogens with one attached hydrogen (secondary N) is 1. The van der Waals surface area contributed by atoms with Crippen molar-refractivity contribution in [3.05, 3.63) is 0 Å². The fourth-order valence-corrected chi connectivity index (χ4v) is 3.25. The van der Waals surface area contributed by atoms with E-state index in [4.69, 9.17) is 0 Å². The first-order valence-corrected chi connectivity index (χ1v) is 8.27. The molecule has 1 unspecified atom stereocenters. The molecule has 114 valence electrons. The Morgan fingerprint density at radius 2 is 1.42 bits per heavy atom. The van der Waals surface area contributed by atoms with E-state index in [0.29, 0.717) is 0 Å². The zero-order chi connectivity index (χ0) is 15.1. The highest BCUT2D eigenvalue weighted by Gasteiger charge is 2.40. The van der Waals surface area contributed by atoms with Gasteiger partial charge >= 0.3 is 0 Å². The van der Waals surface area contributed by atoms with Crippen molar-refractivity contribution < 1.29 is 4.79 Å². The van der Waals surface area contributed by atoms with Gasteiger partial charge in [-0.05, 0) is 30.1 Å². The molecule has 0 bridgehead atoms. The summed E-state index contributed by atoms with van der Waals surface area (Å²) in [6.45, 7) is 13.4. The lowest BCUT2D eigenvalue weighted by Gasteiger charge is -2.41. The molecule has 0 aromatic heterocycles.